The van der Waals surface area contributed by atoms with E-state index in [-0.39, 0.29) is 11.9 Å². The number of rotatable bonds is 4. The number of nitrogens with one attached hydrogen (secondary N) is 2. The van der Waals surface area contributed by atoms with Crippen LogP contribution in [0.1, 0.15) is 24.4 Å². The van der Waals surface area contributed by atoms with Crippen molar-refractivity contribution < 1.29 is 4.79 Å². The van der Waals surface area contributed by atoms with Crippen LogP contribution in [0.2, 0.25) is 0 Å². The summed E-state index contributed by atoms with van der Waals surface area (Å²) in [5.41, 5.74) is 0.995. The highest BCUT2D eigenvalue weighted by molar-refractivity contribution is 5.78. The van der Waals surface area contributed by atoms with E-state index in [1.54, 1.807) is 0 Å². The maximum Gasteiger partial charge on any atom is 0.224 e. The predicted molar refractivity (Wildman–Crippen MR) is 63.1 cm³/mol. The van der Waals surface area contributed by atoms with Crippen molar-refractivity contribution in [3.05, 3.63) is 48.0 Å². The summed E-state index contributed by atoms with van der Waals surface area (Å²) < 4.78 is 0. The molecule has 0 aliphatic heterocycles. The van der Waals surface area contributed by atoms with Gasteiger partial charge in [0.15, 0.2) is 0 Å². The van der Waals surface area contributed by atoms with Crippen molar-refractivity contribution in [2.75, 3.05) is 0 Å². The fourth-order valence-electron chi connectivity index (χ4n) is 1.57. The number of H-pyrrole nitrogens is 1. The summed E-state index contributed by atoms with van der Waals surface area (Å²) in [5.74, 6) is 0.631. The molecule has 1 amide bonds. The van der Waals surface area contributed by atoms with Crippen LogP contribution in [-0.4, -0.2) is 21.1 Å². The van der Waals surface area contributed by atoms with Gasteiger partial charge >= 0.3 is 0 Å². The van der Waals surface area contributed by atoms with E-state index in [1.807, 2.05) is 37.3 Å². The van der Waals surface area contributed by atoms with Gasteiger partial charge in [-0.25, -0.2) is 4.98 Å². The van der Waals surface area contributed by atoms with Crippen LogP contribution >= 0.6 is 0 Å². The molecule has 1 unspecified atom stereocenters. The van der Waals surface area contributed by atoms with E-state index in [1.165, 1.54) is 6.33 Å². The number of aromatic amines is 1. The zero-order valence-electron chi connectivity index (χ0n) is 9.55. The average molecular weight is 230 g/mol. The summed E-state index contributed by atoms with van der Waals surface area (Å²) in [4.78, 5) is 15.7. The summed E-state index contributed by atoms with van der Waals surface area (Å²) >= 11 is 0. The van der Waals surface area contributed by atoms with Gasteiger partial charge in [0.05, 0.1) is 12.5 Å². The van der Waals surface area contributed by atoms with E-state index in [0.29, 0.717) is 12.2 Å². The molecule has 17 heavy (non-hydrogen) atoms. The fraction of sp³-hybridized carbons (Fsp3) is 0.250. The molecule has 0 aliphatic rings. The SMILES string of the molecule is CC(NC(=O)Cc1ccccc1)c1ncn[nH]1. The molecule has 0 saturated heterocycles. The van der Waals surface area contributed by atoms with Gasteiger partial charge in [0.2, 0.25) is 5.91 Å². The van der Waals surface area contributed by atoms with Crippen LogP contribution in [-0.2, 0) is 11.2 Å². The van der Waals surface area contributed by atoms with E-state index in [0.717, 1.165) is 5.56 Å². The van der Waals surface area contributed by atoms with Gasteiger partial charge in [0.25, 0.3) is 0 Å². The Morgan fingerprint density at radius 3 is 2.82 bits per heavy atom. The Morgan fingerprint density at radius 1 is 1.41 bits per heavy atom. The third-order valence-electron chi connectivity index (χ3n) is 2.43. The van der Waals surface area contributed by atoms with Crippen LogP contribution in [0, 0.1) is 0 Å². The van der Waals surface area contributed by atoms with Crippen molar-refractivity contribution in [3.8, 4) is 0 Å². The fourth-order valence-corrected chi connectivity index (χ4v) is 1.57. The smallest absolute Gasteiger partial charge is 0.224 e. The molecule has 88 valence electrons. The maximum absolute atomic E-state index is 11.7. The Hall–Kier alpha value is -2.17. The summed E-state index contributed by atoms with van der Waals surface area (Å²) in [6, 6.07) is 9.47. The molecule has 5 nitrogen and oxygen atoms in total. The standard InChI is InChI=1S/C12H14N4O/c1-9(12-13-8-14-16-12)15-11(17)7-10-5-3-2-4-6-10/h2-6,8-9H,7H2,1H3,(H,15,17)(H,13,14,16). The third-order valence-corrected chi connectivity index (χ3v) is 2.43. The highest BCUT2D eigenvalue weighted by atomic mass is 16.1. The molecule has 5 heteroatoms. The lowest BCUT2D eigenvalue weighted by atomic mass is 10.1. The molecule has 0 aliphatic carbocycles. The minimum Gasteiger partial charge on any atom is -0.346 e. The number of aromatic nitrogens is 3. The Morgan fingerprint density at radius 2 is 2.18 bits per heavy atom. The second-order valence-electron chi connectivity index (χ2n) is 3.82. The van der Waals surface area contributed by atoms with E-state index in [9.17, 15) is 4.79 Å². The first-order valence-corrected chi connectivity index (χ1v) is 5.44. The molecule has 0 bridgehead atoms. The number of carbonyl (C=O) groups is 1. The molecule has 1 aromatic carbocycles. The summed E-state index contributed by atoms with van der Waals surface area (Å²) in [6.07, 6.45) is 1.80. The molecular weight excluding hydrogens is 216 g/mol. The molecule has 2 rings (SSSR count). The zero-order chi connectivity index (χ0) is 12.1. The second-order valence-corrected chi connectivity index (χ2v) is 3.82. The van der Waals surface area contributed by atoms with E-state index in [4.69, 9.17) is 0 Å². The second kappa shape index (κ2) is 5.25. The normalized spacial score (nSPS) is 12.1. The lowest BCUT2D eigenvalue weighted by Crippen LogP contribution is -2.28. The van der Waals surface area contributed by atoms with Crippen LogP contribution < -0.4 is 5.32 Å². The minimum atomic E-state index is -0.159. The molecule has 0 spiro atoms. The van der Waals surface area contributed by atoms with Crippen LogP contribution in [0.5, 0.6) is 0 Å². The summed E-state index contributed by atoms with van der Waals surface area (Å²) in [7, 11) is 0. The molecule has 0 saturated carbocycles. The van der Waals surface area contributed by atoms with Crippen LogP contribution in [0.4, 0.5) is 0 Å². The number of hydrogen-bond acceptors (Lipinski definition) is 3. The molecular formula is C12H14N4O. The molecule has 2 N–H and O–H groups in total. The van der Waals surface area contributed by atoms with E-state index < -0.39 is 0 Å². The summed E-state index contributed by atoms with van der Waals surface area (Å²) in [6.45, 7) is 1.86. The van der Waals surface area contributed by atoms with Gasteiger partial charge in [-0.15, -0.1) is 0 Å². The van der Waals surface area contributed by atoms with E-state index >= 15 is 0 Å². The number of hydrogen-bond donors (Lipinski definition) is 2. The molecule has 1 aromatic heterocycles. The lowest BCUT2D eigenvalue weighted by molar-refractivity contribution is -0.121. The Bertz CT molecular complexity index is 467. The Labute approximate surface area is 99.3 Å². The van der Waals surface area contributed by atoms with Gasteiger partial charge in [-0.2, -0.15) is 5.10 Å². The highest BCUT2D eigenvalue weighted by Gasteiger charge is 2.11. The number of nitrogens with zero attached hydrogens (tertiary/aromatic N) is 2. The van der Waals surface area contributed by atoms with Crippen molar-refractivity contribution >= 4 is 5.91 Å². The largest absolute Gasteiger partial charge is 0.346 e. The summed E-state index contributed by atoms with van der Waals surface area (Å²) in [5, 5.41) is 9.34. The molecule has 0 fully saturated rings. The minimum absolute atomic E-state index is 0.0277. The number of amides is 1. The van der Waals surface area contributed by atoms with Crippen molar-refractivity contribution in [3.63, 3.8) is 0 Å². The van der Waals surface area contributed by atoms with Gasteiger partial charge in [-0.05, 0) is 12.5 Å². The van der Waals surface area contributed by atoms with Gasteiger partial charge in [-0.3, -0.25) is 9.89 Å². The molecule has 1 atom stereocenters. The predicted octanol–water partition coefficient (Wildman–Crippen LogP) is 1.22. The first-order chi connectivity index (χ1) is 8.25. The van der Waals surface area contributed by atoms with Crippen molar-refractivity contribution in [1.82, 2.24) is 20.5 Å². The van der Waals surface area contributed by atoms with Crippen molar-refractivity contribution in [2.45, 2.75) is 19.4 Å². The Balaban J connectivity index is 1.90. The third kappa shape index (κ3) is 3.14. The quantitative estimate of drug-likeness (QED) is 0.829. The average Bonchev–Trinajstić information content (AvgIpc) is 2.83. The topological polar surface area (TPSA) is 70.7 Å². The van der Waals surface area contributed by atoms with Crippen LogP contribution in [0.3, 0.4) is 0 Å². The van der Waals surface area contributed by atoms with Gasteiger partial charge in [0, 0.05) is 0 Å². The first-order valence-electron chi connectivity index (χ1n) is 5.44. The zero-order valence-corrected chi connectivity index (χ0v) is 9.55. The first kappa shape index (κ1) is 11.3. The van der Waals surface area contributed by atoms with Gasteiger partial charge in [0.1, 0.15) is 12.2 Å². The van der Waals surface area contributed by atoms with Crippen LogP contribution in [0.15, 0.2) is 36.7 Å². The number of benzene rings is 1. The highest BCUT2D eigenvalue weighted by Crippen LogP contribution is 2.05. The van der Waals surface area contributed by atoms with Crippen LogP contribution in [0.25, 0.3) is 0 Å². The monoisotopic (exact) mass is 230 g/mol. The maximum atomic E-state index is 11.7. The van der Waals surface area contributed by atoms with E-state index in [2.05, 4.69) is 20.5 Å². The lowest BCUT2D eigenvalue weighted by Gasteiger charge is -2.10. The Kier molecular flexibility index (Phi) is 3.49. The van der Waals surface area contributed by atoms with Gasteiger partial charge in [-0.1, -0.05) is 30.3 Å². The van der Waals surface area contributed by atoms with Crippen molar-refractivity contribution in [2.24, 2.45) is 0 Å². The molecule has 0 radical (unpaired) electrons. The molecule has 1 heterocycles. The molecule has 2 aromatic rings. The number of carbonyl (C=O) groups excluding carboxylic acids is 1. The van der Waals surface area contributed by atoms with Crippen molar-refractivity contribution in [1.29, 1.82) is 0 Å². The van der Waals surface area contributed by atoms with Gasteiger partial charge < -0.3 is 5.32 Å².